The molecule has 0 rings (SSSR count). The third kappa shape index (κ3) is 12.5. The van der Waals surface area contributed by atoms with Crippen molar-refractivity contribution >= 4 is 26.9 Å². The lowest BCUT2D eigenvalue weighted by Gasteiger charge is -2.35. The molecule has 0 aromatic heterocycles. The molecule has 30 heavy (non-hydrogen) atoms. The third-order valence-corrected chi connectivity index (χ3v) is 8.45. The van der Waals surface area contributed by atoms with Gasteiger partial charge in [0.25, 0.3) is 0 Å². The number of carbonyl (C=O) groups is 2. The van der Waals surface area contributed by atoms with E-state index in [1.807, 2.05) is 0 Å². The van der Waals surface area contributed by atoms with Gasteiger partial charge in [-0.05, 0) is 6.08 Å². The quantitative estimate of drug-likeness (QED) is 0.160. The summed E-state index contributed by atoms with van der Waals surface area (Å²) < 4.78 is 35.1. The SMILES string of the molecule is C=CC(=O)CC[N+](C)(C)CP(=O)(O)OP(=O)(O)CC(CCOC(=O)C=C)[N+](C)(C)C. The molecule has 0 amide bonds. The van der Waals surface area contributed by atoms with Crippen molar-refractivity contribution in [1.29, 1.82) is 0 Å². The molecule has 0 aliphatic carbocycles. The lowest BCUT2D eigenvalue weighted by atomic mass is 10.2. The molecule has 0 spiro atoms. The fourth-order valence-corrected chi connectivity index (χ4v) is 7.05. The highest BCUT2D eigenvalue weighted by Gasteiger charge is 2.41. The van der Waals surface area contributed by atoms with Crippen molar-refractivity contribution in [3.63, 3.8) is 0 Å². The zero-order valence-corrected chi connectivity index (χ0v) is 20.3. The predicted octanol–water partition coefficient (Wildman–Crippen LogP) is 1.75. The van der Waals surface area contributed by atoms with Crippen molar-refractivity contribution in [3.05, 3.63) is 25.3 Å². The van der Waals surface area contributed by atoms with Gasteiger partial charge in [-0.3, -0.25) is 13.9 Å². The van der Waals surface area contributed by atoms with E-state index in [9.17, 15) is 28.5 Å². The van der Waals surface area contributed by atoms with Crippen molar-refractivity contribution < 1.29 is 46.5 Å². The van der Waals surface area contributed by atoms with Crippen LogP contribution in [0, 0.1) is 0 Å². The number of nitrogens with zero attached hydrogens (tertiary/aromatic N) is 2. The van der Waals surface area contributed by atoms with Gasteiger partial charge in [0, 0.05) is 12.5 Å². The molecule has 12 heteroatoms. The summed E-state index contributed by atoms with van der Waals surface area (Å²) in [6.45, 7) is 6.92. The Hall–Kier alpha value is -1.12. The summed E-state index contributed by atoms with van der Waals surface area (Å²) in [6.07, 6.45) is 1.74. The molecule has 0 fully saturated rings. The highest BCUT2D eigenvalue weighted by Crippen LogP contribution is 2.60. The van der Waals surface area contributed by atoms with Crippen LogP contribution in [0.3, 0.4) is 0 Å². The van der Waals surface area contributed by atoms with Gasteiger partial charge in [0.15, 0.2) is 12.1 Å². The van der Waals surface area contributed by atoms with E-state index in [0.717, 1.165) is 6.08 Å². The van der Waals surface area contributed by atoms with Crippen molar-refractivity contribution in [2.45, 2.75) is 18.9 Å². The van der Waals surface area contributed by atoms with Crippen molar-refractivity contribution in [1.82, 2.24) is 0 Å². The highest BCUT2D eigenvalue weighted by molar-refractivity contribution is 7.66. The fraction of sp³-hybridized carbons (Fsp3) is 0.667. The number of carbonyl (C=O) groups excluding carboxylic acids is 2. The number of hydrogen-bond donors (Lipinski definition) is 2. The Bertz CT molecular complexity index is 730. The smallest absolute Gasteiger partial charge is 0.389 e. The number of ether oxygens (including phenoxy) is 1. The standard InChI is InChI=1S/C18H34N2O8P2/c1-8-17(21)10-12-20(6,7)15-30(25,26)28-29(23,24)14-16(19(3,4)5)11-13-27-18(22)9-2/h8-9,16H,1-2,10-15H2,3-7H3/p+2. The zero-order valence-electron chi connectivity index (χ0n) is 18.5. The van der Waals surface area contributed by atoms with E-state index < -0.39 is 39.7 Å². The lowest BCUT2D eigenvalue weighted by molar-refractivity contribution is -0.893. The first-order valence-electron chi connectivity index (χ1n) is 9.35. The van der Waals surface area contributed by atoms with Gasteiger partial charge < -0.3 is 23.5 Å². The Morgan fingerprint density at radius 2 is 1.60 bits per heavy atom. The Labute approximate surface area is 179 Å². The molecule has 0 aliphatic heterocycles. The number of quaternary nitrogens is 2. The van der Waals surface area contributed by atoms with Crippen LogP contribution in [0.5, 0.6) is 0 Å². The van der Waals surface area contributed by atoms with Gasteiger partial charge in [-0.25, -0.2) is 9.11 Å². The number of hydrogen-bond acceptors (Lipinski definition) is 6. The molecule has 0 radical (unpaired) electrons. The van der Waals surface area contributed by atoms with Gasteiger partial charge >= 0.3 is 21.2 Å². The highest BCUT2D eigenvalue weighted by atomic mass is 31.3. The van der Waals surface area contributed by atoms with Crippen LogP contribution in [0.4, 0.5) is 0 Å². The molecule has 0 saturated heterocycles. The van der Waals surface area contributed by atoms with Crippen LogP contribution in [0.2, 0.25) is 0 Å². The molecule has 0 heterocycles. The summed E-state index contributed by atoms with van der Waals surface area (Å²) in [5.74, 6) is -0.806. The number of rotatable bonds is 15. The second kappa shape index (κ2) is 11.5. The fourth-order valence-electron chi connectivity index (χ4n) is 2.67. The largest absolute Gasteiger partial charge is 0.462 e. The average molecular weight is 470 g/mol. The molecule has 0 saturated carbocycles. The predicted molar refractivity (Wildman–Crippen MR) is 115 cm³/mol. The summed E-state index contributed by atoms with van der Waals surface area (Å²) in [5, 5.41) is 0. The van der Waals surface area contributed by atoms with Crippen LogP contribution in [0.25, 0.3) is 0 Å². The third-order valence-electron chi connectivity index (χ3n) is 4.41. The van der Waals surface area contributed by atoms with Crippen molar-refractivity contribution in [2.75, 3.05) is 60.8 Å². The molecular formula is C18H36N2O8P2+2. The normalized spacial score (nSPS) is 17.3. The van der Waals surface area contributed by atoms with Crippen LogP contribution < -0.4 is 0 Å². The number of allylic oxidation sites excluding steroid dienone is 1. The molecule has 0 aromatic carbocycles. The van der Waals surface area contributed by atoms with Crippen molar-refractivity contribution in [3.8, 4) is 0 Å². The first-order valence-corrected chi connectivity index (χ1v) is 12.9. The van der Waals surface area contributed by atoms with E-state index in [1.54, 1.807) is 35.2 Å². The van der Waals surface area contributed by atoms with E-state index in [-0.39, 0.29) is 40.7 Å². The summed E-state index contributed by atoms with van der Waals surface area (Å²) in [6, 6.07) is -0.480. The first kappa shape index (κ1) is 28.9. The van der Waals surface area contributed by atoms with E-state index in [2.05, 4.69) is 13.2 Å². The van der Waals surface area contributed by atoms with Gasteiger partial charge in [-0.2, -0.15) is 0 Å². The van der Waals surface area contributed by atoms with Crippen LogP contribution in [-0.4, -0.2) is 97.4 Å². The second-order valence-electron chi connectivity index (χ2n) is 8.69. The van der Waals surface area contributed by atoms with Gasteiger partial charge in [0.05, 0.1) is 54.8 Å². The van der Waals surface area contributed by atoms with E-state index in [1.165, 1.54) is 6.08 Å². The van der Waals surface area contributed by atoms with Crippen LogP contribution in [-0.2, 0) is 27.8 Å². The van der Waals surface area contributed by atoms with Gasteiger partial charge in [-0.1, -0.05) is 13.2 Å². The Morgan fingerprint density at radius 1 is 1.03 bits per heavy atom. The van der Waals surface area contributed by atoms with Crippen LogP contribution in [0.1, 0.15) is 12.8 Å². The minimum atomic E-state index is -4.45. The monoisotopic (exact) mass is 470 g/mol. The molecule has 3 unspecified atom stereocenters. The molecular weight excluding hydrogens is 434 g/mol. The van der Waals surface area contributed by atoms with Gasteiger partial charge in [0.1, 0.15) is 12.2 Å². The Kier molecular flexibility index (Phi) is 11.1. The molecule has 2 N–H and O–H groups in total. The Balaban J connectivity index is 5.12. The van der Waals surface area contributed by atoms with Crippen LogP contribution in [0.15, 0.2) is 25.3 Å². The summed E-state index contributed by atoms with van der Waals surface area (Å²) in [5.41, 5.74) is 0. The minimum absolute atomic E-state index is 0.00305. The molecule has 0 bridgehead atoms. The summed E-state index contributed by atoms with van der Waals surface area (Å²) in [4.78, 5) is 43.1. The molecule has 10 nitrogen and oxygen atoms in total. The number of esters is 1. The molecule has 174 valence electrons. The average Bonchev–Trinajstić information content (AvgIpc) is 2.55. The van der Waals surface area contributed by atoms with Gasteiger partial charge in [-0.15, -0.1) is 0 Å². The lowest BCUT2D eigenvalue weighted by Crippen LogP contribution is -2.48. The molecule has 0 aliphatic rings. The second-order valence-corrected chi connectivity index (χ2v) is 12.5. The topological polar surface area (TPSA) is 127 Å². The molecule has 3 atom stereocenters. The summed E-state index contributed by atoms with van der Waals surface area (Å²) in [7, 11) is -0.294. The van der Waals surface area contributed by atoms with E-state index >= 15 is 0 Å². The maximum Gasteiger partial charge on any atom is 0.389 e. The maximum absolute atomic E-state index is 12.6. The van der Waals surface area contributed by atoms with E-state index in [4.69, 9.17) is 9.05 Å². The van der Waals surface area contributed by atoms with E-state index in [0.29, 0.717) is 0 Å². The summed E-state index contributed by atoms with van der Waals surface area (Å²) >= 11 is 0. The zero-order chi connectivity index (χ0) is 23.8. The number of ketones is 1. The van der Waals surface area contributed by atoms with Gasteiger partial charge in [0.2, 0.25) is 0 Å². The first-order chi connectivity index (χ1) is 13.4. The molecule has 0 aromatic rings. The van der Waals surface area contributed by atoms with Crippen LogP contribution >= 0.6 is 15.2 Å². The Morgan fingerprint density at radius 3 is 2.07 bits per heavy atom. The minimum Gasteiger partial charge on any atom is -0.462 e. The van der Waals surface area contributed by atoms with Crippen molar-refractivity contribution in [2.24, 2.45) is 0 Å². The maximum atomic E-state index is 12.6.